The Bertz CT molecular complexity index is 1100. The number of hydrogen-bond acceptors (Lipinski definition) is 6. The number of nitrogens with zero attached hydrogens (tertiary/aromatic N) is 2. The third-order valence-corrected chi connectivity index (χ3v) is 5.09. The molecular weight excluding hydrogens is 396 g/mol. The van der Waals surface area contributed by atoms with Gasteiger partial charge in [0, 0.05) is 23.1 Å². The maximum Gasteiger partial charge on any atom is 0.279 e. The molecule has 0 fully saturated rings. The number of aromatic amines is 1. The first-order valence-corrected chi connectivity index (χ1v) is 9.26. The average Bonchev–Trinajstić information content (AvgIpc) is 2.69. The third kappa shape index (κ3) is 4.22. The summed E-state index contributed by atoms with van der Waals surface area (Å²) in [5.74, 6) is -0.351. The summed E-state index contributed by atoms with van der Waals surface area (Å²) in [6.45, 7) is 1.10. The Labute approximate surface area is 171 Å². The van der Waals surface area contributed by atoms with Gasteiger partial charge in [0.2, 0.25) is 0 Å². The van der Waals surface area contributed by atoms with Crippen LogP contribution in [0.25, 0.3) is 10.9 Å². The molecule has 9 heteroatoms. The number of nitrogens with one attached hydrogen (secondary N) is 1. The van der Waals surface area contributed by atoms with Crippen molar-refractivity contribution >= 4 is 45.7 Å². The van der Waals surface area contributed by atoms with Crippen molar-refractivity contribution in [2.45, 2.75) is 12.8 Å². The van der Waals surface area contributed by atoms with Gasteiger partial charge < -0.3 is 15.6 Å². The first-order valence-electron chi connectivity index (χ1n) is 8.88. The Morgan fingerprint density at radius 2 is 2.00 bits per heavy atom. The molecule has 0 radical (unpaired) electrons. The minimum Gasteiger partial charge on any atom is -0.545 e. The van der Waals surface area contributed by atoms with Crippen LogP contribution in [0.3, 0.4) is 0 Å². The molecule has 0 spiro atoms. The van der Waals surface area contributed by atoms with Gasteiger partial charge in [-0.25, -0.2) is 4.98 Å². The minimum absolute atomic E-state index is 0.0781. The van der Waals surface area contributed by atoms with Crippen LogP contribution in [0.2, 0.25) is 5.02 Å². The molecule has 8 nitrogen and oxygen atoms in total. The van der Waals surface area contributed by atoms with Crippen molar-refractivity contribution in [2.75, 3.05) is 24.2 Å². The number of hydrogen-bond donors (Lipinski definition) is 1. The summed E-state index contributed by atoms with van der Waals surface area (Å²) in [5, 5.41) is 21.7. The highest BCUT2D eigenvalue weighted by Crippen LogP contribution is 2.31. The van der Waals surface area contributed by atoms with Crippen molar-refractivity contribution < 1.29 is 19.8 Å². The van der Waals surface area contributed by atoms with Gasteiger partial charge in [0.05, 0.1) is 40.8 Å². The molecule has 2 aromatic carbocycles. The Hall–Kier alpha value is -3.39. The first-order chi connectivity index (χ1) is 13.8. The molecule has 3 aromatic rings. The number of halogens is 1. The van der Waals surface area contributed by atoms with E-state index < -0.39 is 10.9 Å². The SMILES string of the molecule is CN1CCCc2c1[nH+]c1ccccc1c2N.O=C([O-])c1cc([N+](=O)[O-])ccc1Cl. The highest BCUT2D eigenvalue weighted by atomic mass is 35.5. The van der Waals surface area contributed by atoms with Crippen LogP contribution < -0.4 is 20.7 Å². The van der Waals surface area contributed by atoms with E-state index in [9.17, 15) is 20.0 Å². The molecule has 0 saturated heterocycles. The van der Waals surface area contributed by atoms with Crippen molar-refractivity contribution in [3.05, 3.63) is 68.7 Å². The molecule has 1 aromatic heterocycles. The Kier molecular flexibility index (Phi) is 5.84. The molecule has 150 valence electrons. The van der Waals surface area contributed by atoms with Crippen LogP contribution in [0.15, 0.2) is 42.5 Å². The number of carbonyl (C=O) groups is 1. The van der Waals surface area contributed by atoms with Gasteiger partial charge in [0.1, 0.15) is 5.52 Å². The number of nitro benzene ring substituents is 1. The van der Waals surface area contributed by atoms with Crippen LogP contribution in [0.1, 0.15) is 22.3 Å². The number of fused-ring (bicyclic) bond motifs is 2. The predicted octanol–water partition coefficient (Wildman–Crippen LogP) is 2.23. The van der Waals surface area contributed by atoms with Crippen molar-refractivity contribution in [2.24, 2.45) is 0 Å². The zero-order valence-electron chi connectivity index (χ0n) is 15.6. The second-order valence-electron chi connectivity index (χ2n) is 6.65. The number of carbonyl (C=O) groups excluding carboxylic acids is 1. The summed E-state index contributed by atoms with van der Waals surface area (Å²) in [6.07, 6.45) is 2.26. The fraction of sp³-hybridized carbons (Fsp3) is 0.200. The number of para-hydroxylation sites is 1. The lowest BCUT2D eigenvalue weighted by molar-refractivity contribution is -0.385. The van der Waals surface area contributed by atoms with Crippen LogP contribution in [-0.2, 0) is 6.42 Å². The topological polar surface area (TPSA) is 127 Å². The van der Waals surface area contributed by atoms with Gasteiger partial charge in [0.25, 0.3) is 11.5 Å². The molecule has 0 amide bonds. The van der Waals surface area contributed by atoms with Crippen LogP contribution in [0, 0.1) is 10.1 Å². The number of pyridine rings is 1. The summed E-state index contributed by atoms with van der Waals surface area (Å²) < 4.78 is 0. The van der Waals surface area contributed by atoms with Crippen molar-refractivity contribution in [1.82, 2.24) is 0 Å². The highest BCUT2D eigenvalue weighted by molar-refractivity contribution is 6.33. The minimum atomic E-state index is -1.53. The number of carboxylic acids is 1. The van der Waals surface area contributed by atoms with Gasteiger partial charge in [-0.1, -0.05) is 23.7 Å². The van der Waals surface area contributed by atoms with E-state index in [1.165, 1.54) is 17.8 Å². The molecule has 3 N–H and O–H groups in total. The van der Waals surface area contributed by atoms with Crippen LogP contribution in [0.4, 0.5) is 17.2 Å². The van der Waals surface area contributed by atoms with E-state index in [0.29, 0.717) is 0 Å². The first kappa shape index (κ1) is 20.3. The summed E-state index contributed by atoms with van der Waals surface area (Å²) in [6, 6.07) is 11.3. The highest BCUT2D eigenvalue weighted by Gasteiger charge is 2.25. The van der Waals surface area contributed by atoms with E-state index in [4.69, 9.17) is 17.3 Å². The number of rotatable bonds is 2. The quantitative estimate of drug-likeness (QED) is 0.506. The van der Waals surface area contributed by atoms with Crippen LogP contribution >= 0.6 is 11.6 Å². The second kappa shape index (κ2) is 8.32. The lowest BCUT2D eigenvalue weighted by Gasteiger charge is -2.21. The average molecular weight is 415 g/mol. The maximum atomic E-state index is 10.4. The smallest absolute Gasteiger partial charge is 0.279 e. The number of H-pyrrole nitrogens is 1. The second-order valence-corrected chi connectivity index (χ2v) is 7.05. The number of aromatic carboxylic acids is 1. The molecule has 1 aliphatic rings. The van der Waals surface area contributed by atoms with Gasteiger partial charge in [-0.15, -0.1) is 0 Å². The van der Waals surface area contributed by atoms with Crippen molar-refractivity contribution in [1.29, 1.82) is 0 Å². The fourth-order valence-corrected chi connectivity index (χ4v) is 3.48. The van der Waals surface area contributed by atoms with E-state index >= 15 is 0 Å². The number of nitrogens with two attached hydrogens (primary N) is 1. The Morgan fingerprint density at radius 3 is 2.69 bits per heavy atom. The lowest BCUT2D eigenvalue weighted by atomic mass is 10.0. The standard InChI is InChI=1S/C13H15N3.C7H4ClNO4/c1-16-8-4-6-10-12(14)9-5-2-3-7-11(9)15-13(10)16;8-6-2-1-4(9(12)13)3-5(6)7(10)11/h2-3,5,7H,4,6,8H2,1H3,(H2,14,15);1-3H,(H,10,11). The van der Waals surface area contributed by atoms with Gasteiger partial charge in [-0.3, -0.25) is 15.0 Å². The van der Waals surface area contributed by atoms with E-state index in [1.54, 1.807) is 0 Å². The monoisotopic (exact) mass is 414 g/mol. The Balaban J connectivity index is 0.000000170. The van der Waals surface area contributed by atoms with Gasteiger partial charge in [-0.2, -0.15) is 0 Å². The van der Waals surface area contributed by atoms with Crippen LogP contribution in [-0.4, -0.2) is 24.5 Å². The number of nitro groups is 1. The molecule has 1 aliphatic heterocycles. The predicted molar refractivity (Wildman–Crippen MR) is 109 cm³/mol. The number of benzene rings is 2. The number of non-ortho nitro benzene ring substituents is 1. The van der Waals surface area contributed by atoms with Crippen LogP contribution in [0.5, 0.6) is 0 Å². The molecule has 0 saturated carbocycles. The lowest BCUT2D eigenvalue weighted by Crippen LogP contribution is -2.32. The molecule has 0 bridgehead atoms. The summed E-state index contributed by atoms with van der Waals surface area (Å²) >= 11 is 5.45. The summed E-state index contributed by atoms with van der Waals surface area (Å²) in [4.78, 5) is 25.6. The maximum absolute atomic E-state index is 10.4. The number of nitrogen functional groups attached to an aromatic ring is 1. The molecule has 0 unspecified atom stereocenters. The van der Waals surface area contributed by atoms with E-state index in [2.05, 4.69) is 29.1 Å². The summed E-state index contributed by atoms with van der Waals surface area (Å²) in [5.41, 5.74) is 8.88. The van der Waals surface area contributed by atoms with E-state index in [0.717, 1.165) is 47.8 Å². The molecule has 4 rings (SSSR count). The number of carboxylic acid groups (broad SMARTS) is 1. The third-order valence-electron chi connectivity index (χ3n) is 4.76. The van der Waals surface area contributed by atoms with Gasteiger partial charge in [-0.05, 0) is 31.0 Å². The molecule has 0 atom stereocenters. The largest absolute Gasteiger partial charge is 0.545 e. The zero-order valence-corrected chi connectivity index (χ0v) is 16.4. The molecule has 2 heterocycles. The van der Waals surface area contributed by atoms with Crippen molar-refractivity contribution in [3.63, 3.8) is 0 Å². The molecule has 29 heavy (non-hydrogen) atoms. The van der Waals surface area contributed by atoms with E-state index in [-0.39, 0.29) is 16.3 Å². The fourth-order valence-electron chi connectivity index (χ4n) is 3.29. The number of anilines is 2. The van der Waals surface area contributed by atoms with Crippen molar-refractivity contribution in [3.8, 4) is 0 Å². The zero-order chi connectivity index (χ0) is 21.1. The Morgan fingerprint density at radius 1 is 1.28 bits per heavy atom. The van der Waals surface area contributed by atoms with Gasteiger partial charge >= 0.3 is 0 Å². The molecular formula is C20H19ClN4O4. The van der Waals surface area contributed by atoms with Gasteiger partial charge in [0.15, 0.2) is 0 Å². The molecule has 0 aliphatic carbocycles. The summed E-state index contributed by atoms with van der Waals surface area (Å²) in [7, 11) is 2.11. The van der Waals surface area contributed by atoms with E-state index in [1.807, 2.05) is 12.1 Å². The number of aromatic nitrogens is 1. The normalized spacial score (nSPS) is 12.7.